The zero-order valence-electron chi connectivity index (χ0n) is 9.41. The van der Waals surface area contributed by atoms with Gasteiger partial charge in [-0.1, -0.05) is 19.9 Å². The smallest absolute Gasteiger partial charge is 0.0593 e. The summed E-state index contributed by atoms with van der Waals surface area (Å²) in [6.45, 7) is 12.0. The van der Waals surface area contributed by atoms with Crippen LogP contribution in [0.3, 0.4) is 0 Å². The fourth-order valence-corrected chi connectivity index (χ4v) is 1.13. The minimum atomic E-state index is 0.192. The van der Waals surface area contributed by atoms with Gasteiger partial charge in [0.05, 0.1) is 13.2 Å². The number of aliphatic hydroxyl groups is 1. The molecule has 0 aliphatic carbocycles. The van der Waals surface area contributed by atoms with Gasteiger partial charge in [0.1, 0.15) is 0 Å². The lowest BCUT2D eigenvalue weighted by Crippen LogP contribution is -2.30. The van der Waals surface area contributed by atoms with E-state index in [0.717, 1.165) is 26.3 Å². The highest BCUT2D eigenvalue weighted by atomic mass is 16.5. The van der Waals surface area contributed by atoms with Crippen molar-refractivity contribution in [3.63, 3.8) is 0 Å². The highest BCUT2D eigenvalue weighted by Crippen LogP contribution is 1.93. The molecular weight excluding hydrogens is 178 g/mol. The second-order valence-corrected chi connectivity index (χ2v) is 3.78. The van der Waals surface area contributed by atoms with Crippen LogP contribution in [0.4, 0.5) is 0 Å². The van der Waals surface area contributed by atoms with Crippen LogP contribution in [0, 0.1) is 5.92 Å². The predicted octanol–water partition coefficient (Wildman–Crippen LogP) is 1.14. The van der Waals surface area contributed by atoms with E-state index in [1.807, 2.05) is 6.08 Å². The zero-order chi connectivity index (χ0) is 10.8. The quantitative estimate of drug-likeness (QED) is 0.448. The van der Waals surface area contributed by atoms with Crippen LogP contribution < -0.4 is 0 Å². The summed E-state index contributed by atoms with van der Waals surface area (Å²) in [5, 5.41) is 8.79. The first-order valence-corrected chi connectivity index (χ1v) is 5.22. The molecule has 14 heavy (non-hydrogen) atoms. The first-order valence-electron chi connectivity index (χ1n) is 5.22. The van der Waals surface area contributed by atoms with Crippen molar-refractivity contribution >= 4 is 0 Å². The molecule has 0 saturated carbocycles. The highest BCUT2D eigenvalue weighted by molar-refractivity contribution is 4.73. The second-order valence-electron chi connectivity index (χ2n) is 3.78. The summed E-state index contributed by atoms with van der Waals surface area (Å²) in [6, 6.07) is 0. The molecule has 0 bridgehead atoms. The van der Waals surface area contributed by atoms with Gasteiger partial charge < -0.3 is 9.84 Å². The van der Waals surface area contributed by atoms with Gasteiger partial charge in [0.15, 0.2) is 0 Å². The molecule has 0 aliphatic heterocycles. The maximum absolute atomic E-state index is 8.79. The molecule has 1 N–H and O–H groups in total. The lowest BCUT2D eigenvalue weighted by Gasteiger charge is -2.19. The Morgan fingerprint density at radius 1 is 1.43 bits per heavy atom. The molecule has 0 rings (SSSR count). The van der Waals surface area contributed by atoms with Crippen LogP contribution >= 0.6 is 0 Å². The molecule has 0 unspecified atom stereocenters. The van der Waals surface area contributed by atoms with E-state index in [2.05, 4.69) is 25.3 Å². The first kappa shape index (κ1) is 13.6. The van der Waals surface area contributed by atoms with Crippen molar-refractivity contribution in [2.24, 2.45) is 5.92 Å². The topological polar surface area (TPSA) is 32.7 Å². The van der Waals surface area contributed by atoms with E-state index in [9.17, 15) is 0 Å². The summed E-state index contributed by atoms with van der Waals surface area (Å²) in [6.07, 6.45) is 1.85. The van der Waals surface area contributed by atoms with Crippen molar-refractivity contribution in [3.8, 4) is 0 Å². The molecule has 3 heteroatoms. The van der Waals surface area contributed by atoms with Gasteiger partial charge in [-0.2, -0.15) is 0 Å². The van der Waals surface area contributed by atoms with Crippen LogP contribution in [-0.2, 0) is 4.74 Å². The molecule has 0 aromatic carbocycles. The minimum absolute atomic E-state index is 0.192. The second kappa shape index (κ2) is 9.19. The number of ether oxygens (including phenoxy) is 1. The van der Waals surface area contributed by atoms with E-state index >= 15 is 0 Å². The van der Waals surface area contributed by atoms with Gasteiger partial charge in [-0.25, -0.2) is 0 Å². The van der Waals surface area contributed by atoms with Crippen molar-refractivity contribution in [3.05, 3.63) is 12.7 Å². The Morgan fingerprint density at radius 2 is 2.14 bits per heavy atom. The van der Waals surface area contributed by atoms with Crippen LogP contribution in [0.2, 0.25) is 0 Å². The first-order chi connectivity index (χ1) is 6.70. The van der Waals surface area contributed by atoms with E-state index in [-0.39, 0.29) is 6.61 Å². The van der Waals surface area contributed by atoms with E-state index in [1.165, 1.54) is 0 Å². The van der Waals surface area contributed by atoms with Crippen molar-refractivity contribution < 1.29 is 9.84 Å². The van der Waals surface area contributed by atoms with Crippen LogP contribution in [-0.4, -0.2) is 49.5 Å². The van der Waals surface area contributed by atoms with Gasteiger partial charge in [0.25, 0.3) is 0 Å². The van der Waals surface area contributed by atoms with Crippen LogP contribution in [0.15, 0.2) is 12.7 Å². The standard InChI is InChI=1S/C11H23NO2/c1-4-5-12(6-8-13)7-9-14-10-11(2)3/h4,11,13H,1,5-10H2,2-3H3. The van der Waals surface area contributed by atoms with E-state index < -0.39 is 0 Å². The van der Waals surface area contributed by atoms with Crippen molar-refractivity contribution in [1.82, 2.24) is 4.90 Å². The lowest BCUT2D eigenvalue weighted by atomic mass is 10.2. The van der Waals surface area contributed by atoms with Gasteiger partial charge in [-0.15, -0.1) is 6.58 Å². The monoisotopic (exact) mass is 201 g/mol. The molecule has 0 spiro atoms. The summed E-state index contributed by atoms with van der Waals surface area (Å²) < 4.78 is 5.46. The summed E-state index contributed by atoms with van der Waals surface area (Å²) in [5.41, 5.74) is 0. The van der Waals surface area contributed by atoms with E-state index in [4.69, 9.17) is 9.84 Å². The largest absolute Gasteiger partial charge is 0.395 e. The molecule has 0 radical (unpaired) electrons. The molecule has 0 fully saturated rings. The van der Waals surface area contributed by atoms with Crippen molar-refractivity contribution in [1.29, 1.82) is 0 Å². The number of aliphatic hydroxyl groups excluding tert-OH is 1. The van der Waals surface area contributed by atoms with E-state index in [1.54, 1.807) is 0 Å². The Balaban J connectivity index is 3.44. The molecule has 0 atom stereocenters. The maximum Gasteiger partial charge on any atom is 0.0593 e. The molecule has 84 valence electrons. The molecule has 0 amide bonds. The average molecular weight is 201 g/mol. The van der Waals surface area contributed by atoms with Crippen molar-refractivity contribution in [2.45, 2.75) is 13.8 Å². The normalized spacial score (nSPS) is 11.2. The fourth-order valence-electron chi connectivity index (χ4n) is 1.13. The number of hydrogen-bond acceptors (Lipinski definition) is 3. The molecule has 0 heterocycles. The fraction of sp³-hybridized carbons (Fsp3) is 0.818. The third-order valence-corrected chi connectivity index (χ3v) is 1.81. The zero-order valence-corrected chi connectivity index (χ0v) is 9.41. The number of hydrogen-bond donors (Lipinski definition) is 1. The third kappa shape index (κ3) is 8.23. The molecule has 0 saturated heterocycles. The van der Waals surface area contributed by atoms with Crippen LogP contribution in [0.5, 0.6) is 0 Å². The minimum Gasteiger partial charge on any atom is -0.395 e. The van der Waals surface area contributed by atoms with Gasteiger partial charge in [0, 0.05) is 26.2 Å². The number of rotatable bonds is 9. The summed E-state index contributed by atoms with van der Waals surface area (Å²) in [4.78, 5) is 2.12. The Hall–Kier alpha value is -0.380. The van der Waals surface area contributed by atoms with Crippen molar-refractivity contribution in [2.75, 3.05) is 39.5 Å². The van der Waals surface area contributed by atoms with Gasteiger partial charge in [0.2, 0.25) is 0 Å². The maximum atomic E-state index is 8.79. The average Bonchev–Trinajstić information content (AvgIpc) is 2.12. The van der Waals surface area contributed by atoms with Crippen LogP contribution in [0.1, 0.15) is 13.8 Å². The summed E-state index contributed by atoms with van der Waals surface area (Å²) in [7, 11) is 0. The Morgan fingerprint density at radius 3 is 2.64 bits per heavy atom. The molecule has 0 aromatic rings. The van der Waals surface area contributed by atoms with Gasteiger partial charge in [-0.3, -0.25) is 4.90 Å². The van der Waals surface area contributed by atoms with E-state index in [0.29, 0.717) is 12.5 Å². The highest BCUT2D eigenvalue weighted by Gasteiger charge is 2.01. The van der Waals surface area contributed by atoms with Gasteiger partial charge in [-0.05, 0) is 5.92 Å². The Kier molecular flexibility index (Phi) is 8.94. The molecular formula is C11H23NO2. The Labute approximate surface area is 87.4 Å². The predicted molar refractivity (Wildman–Crippen MR) is 59.4 cm³/mol. The lowest BCUT2D eigenvalue weighted by molar-refractivity contribution is 0.0832. The molecule has 3 nitrogen and oxygen atoms in total. The SMILES string of the molecule is C=CCN(CCO)CCOCC(C)C. The Bertz CT molecular complexity index is 137. The third-order valence-electron chi connectivity index (χ3n) is 1.81. The molecule has 0 aliphatic rings. The van der Waals surface area contributed by atoms with Gasteiger partial charge >= 0.3 is 0 Å². The van der Waals surface area contributed by atoms with Crippen LogP contribution in [0.25, 0.3) is 0 Å². The summed E-state index contributed by atoms with van der Waals surface area (Å²) in [5.74, 6) is 0.584. The summed E-state index contributed by atoms with van der Waals surface area (Å²) >= 11 is 0. The molecule has 0 aromatic heterocycles. The number of nitrogens with zero attached hydrogens (tertiary/aromatic N) is 1.